The fourth-order valence-electron chi connectivity index (χ4n) is 1.33. The molecule has 3 heteroatoms. The molecule has 17 heavy (non-hydrogen) atoms. The van der Waals surface area contributed by atoms with Crippen LogP contribution >= 0.6 is 0 Å². The monoisotopic (exact) mass is 290 g/mol. The summed E-state index contributed by atoms with van der Waals surface area (Å²) in [5.74, 6) is 0. The SMILES string of the molecule is Cc1ccc(N=[Se]=Nc2ccc(C)cc2)cc1. The summed E-state index contributed by atoms with van der Waals surface area (Å²) in [5.41, 5.74) is 4.52. The first kappa shape index (κ1) is 12.0. The number of rotatable bonds is 2. The van der Waals surface area contributed by atoms with E-state index in [9.17, 15) is 0 Å². The summed E-state index contributed by atoms with van der Waals surface area (Å²) in [5, 5.41) is 0. The Kier molecular flexibility index (Phi) is 4.07. The van der Waals surface area contributed by atoms with Crippen molar-refractivity contribution < 1.29 is 0 Å². The van der Waals surface area contributed by atoms with Crippen LogP contribution in [0.4, 0.5) is 11.4 Å². The molecular formula is C14H14N2Se. The van der Waals surface area contributed by atoms with Gasteiger partial charge in [-0.15, -0.1) is 0 Å². The van der Waals surface area contributed by atoms with Gasteiger partial charge in [0.25, 0.3) is 0 Å². The van der Waals surface area contributed by atoms with Crippen molar-refractivity contribution in [1.82, 2.24) is 0 Å². The Hall–Kier alpha value is -1.44. The second-order valence-corrected chi connectivity index (χ2v) is 5.04. The number of hydrogen-bond acceptors (Lipinski definition) is 2. The van der Waals surface area contributed by atoms with Crippen LogP contribution in [0, 0.1) is 13.8 Å². The van der Waals surface area contributed by atoms with Crippen LogP contribution in [-0.2, 0) is 0 Å². The van der Waals surface area contributed by atoms with E-state index >= 15 is 0 Å². The van der Waals surface area contributed by atoms with Crippen LogP contribution in [0.1, 0.15) is 11.1 Å². The molecule has 0 amide bonds. The summed E-state index contributed by atoms with van der Waals surface area (Å²) >= 11 is -0.0789. The minimum atomic E-state index is -0.0789. The minimum absolute atomic E-state index is 0.0789. The van der Waals surface area contributed by atoms with Crippen molar-refractivity contribution in [1.29, 1.82) is 0 Å². The maximum atomic E-state index is 4.46. The average Bonchev–Trinajstić information content (AvgIpc) is 2.34. The second-order valence-electron chi connectivity index (χ2n) is 3.94. The number of nitrogens with zero attached hydrogens (tertiary/aromatic N) is 2. The van der Waals surface area contributed by atoms with Crippen molar-refractivity contribution >= 4 is 25.9 Å². The summed E-state index contributed by atoms with van der Waals surface area (Å²) < 4.78 is 8.92. The van der Waals surface area contributed by atoms with Gasteiger partial charge in [-0.2, -0.15) is 0 Å². The summed E-state index contributed by atoms with van der Waals surface area (Å²) in [4.78, 5) is 0. The number of benzene rings is 2. The standard InChI is InChI=1S/C14H14N2Se/c1-11-3-7-13(8-4-11)15-17-16-14-9-5-12(2)6-10-14/h3-10H,1-2H3. The first-order chi connectivity index (χ1) is 8.24. The van der Waals surface area contributed by atoms with Crippen molar-refractivity contribution in [3.63, 3.8) is 0 Å². The molecule has 0 unspecified atom stereocenters. The Morgan fingerprint density at radius 2 is 1.00 bits per heavy atom. The van der Waals surface area contributed by atoms with E-state index in [0.717, 1.165) is 11.4 Å². The molecular weight excluding hydrogens is 275 g/mol. The fraction of sp³-hybridized carbons (Fsp3) is 0.143. The third kappa shape index (κ3) is 3.81. The van der Waals surface area contributed by atoms with Gasteiger partial charge in [0, 0.05) is 0 Å². The van der Waals surface area contributed by atoms with Gasteiger partial charge >= 0.3 is 107 Å². The van der Waals surface area contributed by atoms with Gasteiger partial charge in [0.2, 0.25) is 0 Å². The molecule has 0 saturated carbocycles. The van der Waals surface area contributed by atoms with Gasteiger partial charge in [-0.05, 0) is 0 Å². The molecule has 0 atom stereocenters. The summed E-state index contributed by atoms with van der Waals surface area (Å²) in [7, 11) is 0. The second kappa shape index (κ2) is 5.76. The van der Waals surface area contributed by atoms with Crippen molar-refractivity contribution in [2.75, 3.05) is 0 Å². The number of hydrogen-bond donors (Lipinski definition) is 0. The van der Waals surface area contributed by atoms with Crippen LogP contribution in [0.2, 0.25) is 0 Å². The van der Waals surface area contributed by atoms with E-state index in [2.05, 4.69) is 46.0 Å². The molecule has 86 valence electrons. The molecule has 2 nitrogen and oxygen atoms in total. The van der Waals surface area contributed by atoms with E-state index in [4.69, 9.17) is 0 Å². The molecule has 0 aromatic heterocycles. The van der Waals surface area contributed by atoms with Gasteiger partial charge in [-0.25, -0.2) is 0 Å². The Morgan fingerprint density at radius 1 is 0.647 bits per heavy atom. The average molecular weight is 289 g/mol. The van der Waals surface area contributed by atoms with Crippen LogP contribution in [0.25, 0.3) is 0 Å². The van der Waals surface area contributed by atoms with Gasteiger partial charge in [0.05, 0.1) is 0 Å². The van der Waals surface area contributed by atoms with Gasteiger partial charge < -0.3 is 0 Å². The molecule has 0 radical (unpaired) electrons. The van der Waals surface area contributed by atoms with Crippen LogP contribution in [0.5, 0.6) is 0 Å². The molecule has 0 spiro atoms. The van der Waals surface area contributed by atoms with Gasteiger partial charge in [-0.3, -0.25) is 0 Å². The third-order valence-electron chi connectivity index (χ3n) is 2.36. The maximum absolute atomic E-state index is 4.46. The van der Waals surface area contributed by atoms with Gasteiger partial charge in [-0.1, -0.05) is 0 Å². The van der Waals surface area contributed by atoms with Crippen LogP contribution in [0.3, 0.4) is 0 Å². The molecule has 2 aromatic carbocycles. The predicted molar refractivity (Wildman–Crippen MR) is 72.3 cm³/mol. The quantitative estimate of drug-likeness (QED) is 0.735. The molecule has 0 aliphatic carbocycles. The van der Waals surface area contributed by atoms with Crippen molar-refractivity contribution in [2.45, 2.75) is 13.8 Å². The van der Waals surface area contributed by atoms with E-state index in [1.165, 1.54) is 11.1 Å². The molecule has 0 saturated heterocycles. The molecule has 0 fully saturated rings. The topological polar surface area (TPSA) is 24.7 Å². The van der Waals surface area contributed by atoms with Crippen LogP contribution < -0.4 is 0 Å². The number of aryl methyl sites for hydroxylation is 2. The summed E-state index contributed by atoms with van der Waals surface area (Å²) in [6.07, 6.45) is 0. The van der Waals surface area contributed by atoms with E-state index in [-0.39, 0.29) is 14.6 Å². The first-order valence-corrected chi connectivity index (χ1v) is 6.99. The fourth-order valence-corrected chi connectivity index (χ4v) is 2.32. The van der Waals surface area contributed by atoms with E-state index < -0.39 is 0 Å². The molecule has 0 aliphatic heterocycles. The Bertz CT molecular complexity index is 500. The normalized spacial score (nSPS) is 9.76. The summed E-state index contributed by atoms with van der Waals surface area (Å²) in [6, 6.07) is 16.4. The van der Waals surface area contributed by atoms with Crippen molar-refractivity contribution in [2.24, 2.45) is 7.92 Å². The Labute approximate surface area is 107 Å². The van der Waals surface area contributed by atoms with E-state index in [1.54, 1.807) is 0 Å². The zero-order valence-electron chi connectivity index (χ0n) is 9.92. The predicted octanol–water partition coefficient (Wildman–Crippen LogP) is 4.34. The third-order valence-corrected chi connectivity index (χ3v) is 3.59. The Balaban J connectivity index is 2.14. The molecule has 0 aliphatic rings. The molecule has 2 rings (SSSR count). The Morgan fingerprint density at radius 3 is 1.35 bits per heavy atom. The molecule has 2 aromatic rings. The van der Waals surface area contributed by atoms with Crippen molar-refractivity contribution in [3.8, 4) is 0 Å². The van der Waals surface area contributed by atoms with E-state index in [1.807, 2.05) is 24.3 Å². The molecule has 0 heterocycles. The van der Waals surface area contributed by atoms with Gasteiger partial charge in [0.15, 0.2) is 0 Å². The van der Waals surface area contributed by atoms with E-state index in [0.29, 0.717) is 0 Å². The van der Waals surface area contributed by atoms with Crippen LogP contribution in [0.15, 0.2) is 56.5 Å². The van der Waals surface area contributed by atoms with Crippen molar-refractivity contribution in [3.05, 3.63) is 59.7 Å². The zero-order chi connectivity index (χ0) is 12.1. The molecule has 0 bridgehead atoms. The first-order valence-electron chi connectivity index (χ1n) is 5.46. The summed E-state index contributed by atoms with van der Waals surface area (Å²) in [6.45, 7) is 4.15. The van der Waals surface area contributed by atoms with Crippen LogP contribution in [-0.4, -0.2) is 14.6 Å². The molecule has 0 N–H and O–H groups in total. The van der Waals surface area contributed by atoms with Gasteiger partial charge in [0.1, 0.15) is 0 Å². The zero-order valence-corrected chi connectivity index (χ0v) is 11.6.